The highest BCUT2D eigenvalue weighted by Gasteiger charge is 2.26. The lowest BCUT2D eigenvalue weighted by molar-refractivity contribution is -0.132. The summed E-state index contributed by atoms with van der Waals surface area (Å²) in [6.45, 7) is 4.01. The van der Waals surface area contributed by atoms with Crippen LogP contribution in [0.3, 0.4) is 0 Å². The number of aromatic nitrogens is 3. The van der Waals surface area contributed by atoms with E-state index in [0.29, 0.717) is 25.6 Å². The Balaban J connectivity index is 1.36. The average Bonchev–Trinajstić information content (AvgIpc) is 3.36. The highest BCUT2D eigenvalue weighted by atomic mass is 32.1. The number of carbonyl (C=O) groups is 1. The van der Waals surface area contributed by atoms with Crippen molar-refractivity contribution in [3.63, 3.8) is 0 Å². The molecule has 1 saturated heterocycles. The number of rotatable bonds is 5. The molecule has 0 aliphatic carbocycles. The first-order valence-corrected chi connectivity index (χ1v) is 10.8. The van der Waals surface area contributed by atoms with E-state index < -0.39 is 0 Å². The second kappa shape index (κ2) is 8.41. The summed E-state index contributed by atoms with van der Waals surface area (Å²) in [7, 11) is 5.88. The minimum absolute atomic E-state index is 0.00173. The number of thiazole rings is 1. The average molecular weight is 406 g/mol. The molecule has 0 saturated carbocycles. The van der Waals surface area contributed by atoms with Crippen molar-refractivity contribution in [1.82, 2.24) is 19.0 Å². The van der Waals surface area contributed by atoms with Gasteiger partial charge in [-0.3, -0.25) is 13.9 Å². The van der Waals surface area contributed by atoms with Gasteiger partial charge in [0.1, 0.15) is 19.4 Å². The predicted octanol–water partition coefficient (Wildman–Crippen LogP) is 1.99. The fourth-order valence-corrected chi connectivity index (χ4v) is 4.66. The predicted molar refractivity (Wildman–Crippen MR) is 116 cm³/mol. The van der Waals surface area contributed by atoms with E-state index in [4.69, 9.17) is 12.8 Å². The van der Waals surface area contributed by atoms with Crippen LogP contribution in [0.15, 0.2) is 46.8 Å². The number of piperidine rings is 1. The maximum absolute atomic E-state index is 12.6. The third-order valence-corrected chi connectivity index (χ3v) is 6.40. The number of amides is 1. The first-order valence-electron chi connectivity index (χ1n) is 9.90. The van der Waals surface area contributed by atoms with Crippen LogP contribution in [0, 0.1) is 0 Å². The number of aryl methyl sites for hydroxylation is 1. The fourth-order valence-electron chi connectivity index (χ4n) is 3.76. The lowest BCUT2D eigenvalue weighted by atomic mass is 9.93. The smallest absolute Gasteiger partial charge is 0.328 e. The summed E-state index contributed by atoms with van der Waals surface area (Å²) in [4.78, 5) is 31.4. The highest BCUT2D eigenvalue weighted by Crippen LogP contribution is 2.32. The van der Waals surface area contributed by atoms with Crippen molar-refractivity contribution in [3.05, 3.63) is 58.2 Å². The first-order chi connectivity index (χ1) is 14.0. The van der Waals surface area contributed by atoms with Gasteiger partial charge in [0.05, 0.1) is 5.69 Å². The number of nitrogens with zero attached hydrogens (tertiary/aromatic N) is 4. The number of hydrogen-bond donors (Lipinski definition) is 0. The summed E-state index contributed by atoms with van der Waals surface area (Å²) >= 11 is 1.63. The number of carbonyl (C=O) groups excluding carboxylic acids is 1. The summed E-state index contributed by atoms with van der Waals surface area (Å²) in [5.41, 5.74) is 2.74. The Hall–Kier alpha value is -2.61. The van der Waals surface area contributed by atoms with Crippen LogP contribution in [-0.4, -0.2) is 45.9 Å². The van der Waals surface area contributed by atoms with Gasteiger partial charge in [-0.25, -0.2) is 9.78 Å². The van der Waals surface area contributed by atoms with Gasteiger partial charge in [-0.1, -0.05) is 29.7 Å². The fraction of sp³-hybridized carbons (Fsp3) is 0.381. The lowest BCUT2D eigenvalue weighted by Gasteiger charge is -2.31. The van der Waals surface area contributed by atoms with Gasteiger partial charge in [-0.05, 0) is 19.8 Å². The third-order valence-electron chi connectivity index (χ3n) is 5.49. The van der Waals surface area contributed by atoms with Gasteiger partial charge in [-0.2, -0.15) is 0 Å². The molecule has 1 aliphatic rings. The second-order valence-electron chi connectivity index (χ2n) is 7.35. The molecule has 0 N–H and O–H groups in total. The normalized spacial score (nSPS) is 15.0. The number of likely N-dealkylation sites (tertiary alicyclic amines) is 1. The van der Waals surface area contributed by atoms with Crippen LogP contribution < -0.4 is 11.2 Å². The maximum atomic E-state index is 12.6. The van der Waals surface area contributed by atoms with Crippen LogP contribution in [0.2, 0.25) is 0 Å². The molecule has 2 radical (unpaired) electrons. The number of hydrogen-bond acceptors (Lipinski definition) is 4. The molecule has 8 heteroatoms. The Bertz CT molecular complexity index is 1060. The molecule has 1 aliphatic heterocycles. The first kappa shape index (κ1) is 19.7. The maximum Gasteiger partial charge on any atom is 0.328 e. The van der Waals surface area contributed by atoms with Crippen molar-refractivity contribution < 1.29 is 4.79 Å². The minimum atomic E-state index is -0.132. The van der Waals surface area contributed by atoms with E-state index >= 15 is 0 Å². The van der Waals surface area contributed by atoms with Crippen molar-refractivity contribution >= 4 is 30.6 Å². The zero-order chi connectivity index (χ0) is 20.4. The summed E-state index contributed by atoms with van der Waals surface area (Å²) in [5.74, 6) is 0.354. The van der Waals surface area contributed by atoms with Crippen LogP contribution >= 0.6 is 11.3 Å². The van der Waals surface area contributed by atoms with Crippen molar-refractivity contribution in [3.8, 4) is 10.6 Å². The van der Waals surface area contributed by atoms with Gasteiger partial charge in [0.25, 0.3) is 0 Å². The molecular formula is C21H23BN4O2S. The Morgan fingerprint density at radius 2 is 2.00 bits per heavy atom. The van der Waals surface area contributed by atoms with E-state index in [9.17, 15) is 9.59 Å². The number of imidazole rings is 1. The molecule has 29 heavy (non-hydrogen) atoms. The molecule has 4 rings (SSSR count). The van der Waals surface area contributed by atoms with E-state index in [2.05, 4.69) is 5.38 Å². The van der Waals surface area contributed by atoms with Crippen LogP contribution in [0.5, 0.6) is 0 Å². The highest BCUT2D eigenvalue weighted by molar-refractivity contribution is 7.13. The summed E-state index contributed by atoms with van der Waals surface area (Å²) < 4.78 is 3.08. The Kier molecular flexibility index (Phi) is 5.71. The quantitative estimate of drug-likeness (QED) is 0.609. The molecule has 0 bridgehead atoms. The van der Waals surface area contributed by atoms with Crippen molar-refractivity contribution in [1.29, 1.82) is 0 Å². The molecule has 3 heterocycles. The van der Waals surface area contributed by atoms with Gasteiger partial charge in [0, 0.05) is 48.9 Å². The third kappa shape index (κ3) is 4.22. The molecular weight excluding hydrogens is 383 g/mol. The molecule has 1 aromatic carbocycles. The van der Waals surface area contributed by atoms with E-state index in [1.165, 1.54) is 4.57 Å². The molecule has 0 unspecified atom stereocenters. The van der Waals surface area contributed by atoms with Gasteiger partial charge >= 0.3 is 5.69 Å². The van der Waals surface area contributed by atoms with Crippen LogP contribution in [-0.2, 0) is 17.9 Å². The summed E-state index contributed by atoms with van der Waals surface area (Å²) in [6.07, 6.45) is 5.18. The van der Waals surface area contributed by atoms with E-state index in [1.54, 1.807) is 28.3 Å². The Labute approximate surface area is 175 Å². The van der Waals surface area contributed by atoms with Crippen molar-refractivity contribution in [2.24, 2.45) is 0 Å². The molecule has 1 fully saturated rings. The minimum Gasteiger partial charge on any atom is -0.341 e. The molecule has 6 nitrogen and oxygen atoms in total. The zero-order valence-corrected chi connectivity index (χ0v) is 17.3. The summed E-state index contributed by atoms with van der Waals surface area (Å²) in [6, 6.07) is 7.78. The topological polar surface area (TPSA) is 60.1 Å². The SMILES string of the molecule is [B]c1cccc(-c2nc(C3CCN(C(=O)Cn4ccn(CC)c4=O)CC3)cs2)c1. The van der Waals surface area contributed by atoms with Gasteiger partial charge < -0.3 is 4.90 Å². The van der Waals surface area contributed by atoms with Crippen molar-refractivity contribution in [2.75, 3.05) is 13.1 Å². The van der Waals surface area contributed by atoms with E-state index in [0.717, 1.165) is 34.6 Å². The van der Waals surface area contributed by atoms with Gasteiger partial charge in [0.2, 0.25) is 5.91 Å². The Morgan fingerprint density at radius 3 is 2.69 bits per heavy atom. The van der Waals surface area contributed by atoms with Crippen LogP contribution in [0.4, 0.5) is 0 Å². The van der Waals surface area contributed by atoms with E-state index in [-0.39, 0.29) is 18.1 Å². The van der Waals surface area contributed by atoms with Crippen LogP contribution in [0.1, 0.15) is 31.4 Å². The Morgan fingerprint density at radius 1 is 1.24 bits per heavy atom. The summed E-state index contributed by atoms with van der Waals surface area (Å²) in [5, 5.41) is 3.10. The zero-order valence-electron chi connectivity index (χ0n) is 16.5. The largest absolute Gasteiger partial charge is 0.341 e. The second-order valence-corrected chi connectivity index (χ2v) is 8.21. The van der Waals surface area contributed by atoms with E-state index in [1.807, 2.05) is 36.1 Å². The van der Waals surface area contributed by atoms with Crippen molar-refractivity contribution in [2.45, 2.75) is 38.8 Å². The molecule has 0 atom stereocenters. The van der Waals surface area contributed by atoms with Gasteiger partial charge in [0.15, 0.2) is 0 Å². The monoisotopic (exact) mass is 406 g/mol. The molecule has 148 valence electrons. The molecule has 1 amide bonds. The molecule has 2 aromatic heterocycles. The number of benzene rings is 1. The van der Waals surface area contributed by atoms with Crippen LogP contribution in [0.25, 0.3) is 10.6 Å². The standard InChI is InChI=1S/C21H23BN4O2S/c1-2-24-10-11-26(21(24)28)13-19(27)25-8-6-15(7-9-25)18-14-29-20(23-18)16-4-3-5-17(22)12-16/h3-5,10-12,14-15H,2,6-9,13H2,1H3. The molecule has 0 spiro atoms. The molecule has 3 aromatic rings. The lowest BCUT2D eigenvalue weighted by Crippen LogP contribution is -2.41. The van der Waals surface area contributed by atoms with Gasteiger partial charge in [-0.15, -0.1) is 11.3 Å².